The lowest BCUT2D eigenvalue weighted by Crippen LogP contribution is -2.51. The molecule has 4 N–H and O–H groups in total. The van der Waals surface area contributed by atoms with E-state index in [1.807, 2.05) is 0 Å². The number of nitrogens with one attached hydrogen (secondary N) is 2. The molecule has 1 aromatic carbocycles. The number of benzene rings is 1. The molecule has 2 aliphatic rings. The number of hydrogen-bond acceptors (Lipinski definition) is 5. The Morgan fingerprint density at radius 1 is 1.31 bits per heavy atom. The highest BCUT2D eigenvalue weighted by atomic mass is 32.2. The van der Waals surface area contributed by atoms with E-state index in [0.717, 1.165) is 30.0 Å². The number of hydrogen-bond donors (Lipinski definition) is 3. The van der Waals surface area contributed by atoms with Gasteiger partial charge in [-0.2, -0.15) is 4.31 Å². The minimum absolute atomic E-state index is 0.00747. The van der Waals surface area contributed by atoms with Crippen molar-refractivity contribution in [2.24, 2.45) is 5.73 Å². The molecule has 0 atom stereocenters. The fraction of sp³-hybridized carbons (Fsp3) is 0.529. The molecule has 1 heterocycles. The zero-order valence-electron chi connectivity index (χ0n) is 14.5. The Kier molecular flexibility index (Phi) is 5.31. The average molecular weight is 380 g/mol. The lowest BCUT2D eigenvalue weighted by molar-refractivity contribution is -0.122. The summed E-state index contributed by atoms with van der Waals surface area (Å²) < 4.78 is 26.7. The van der Waals surface area contributed by atoms with Gasteiger partial charge in [-0.3, -0.25) is 9.59 Å². The van der Waals surface area contributed by atoms with Crippen molar-refractivity contribution in [1.82, 2.24) is 14.9 Å². The van der Waals surface area contributed by atoms with Crippen LogP contribution in [-0.4, -0.2) is 56.3 Å². The third-order valence-corrected chi connectivity index (χ3v) is 6.91. The molecule has 2 fully saturated rings. The minimum Gasteiger partial charge on any atom is -0.354 e. The van der Waals surface area contributed by atoms with Gasteiger partial charge < -0.3 is 16.4 Å². The first-order chi connectivity index (χ1) is 12.4. The van der Waals surface area contributed by atoms with Gasteiger partial charge in [-0.1, -0.05) is 18.9 Å². The van der Waals surface area contributed by atoms with Crippen molar-refractivity contribution in [3.8, 4) is 0 Å². The van der Waals surface area contributed by atoms with E-state index in [-0.39, 0.29) is 41.9 Å². The monoisotopic (exact) mass is 380 g/mol. The Balaban J connectivity index is 1.81. The highest BCUT2D eigenvalue weighted by Crippen LogP contribution is 2.29. The van der Waals surface area contributed by atoms with E-state index in [9.17, 15) is 18.0 Å². The first kappa shape index (κ1) is 18.8. The number of amides is 2. The van der Waals surface area contributed by atoms with Gasteiger partial charge in [-0.05, 0) is 31.0 Å². The molecule has 142 valence electrons. The number of nitrogens with two attached hydrogens (primary N) is 1. The van der Waals surface area contributed by atoms with E-state index in [1.165, 1.54) is 18.2 Å². The summed E-state index contributed by atoms with van der Waals surface area (Å²) in [4.78, 5) is 24.1. The molecule has 0 radical (unpaired) electrons. The molecule has 1 aromatic rings. The Morgan fingerprint density at radius 3 is 2.69 bits per heavy atom. The van der Waals surface area contributed by atoms with Crippen molar-refractivity contribution in [3.05, 3.63) is 29.8 Å². The van der Waals surface area contributed by atoms with Crippen molar-refractivity contribution in [2.45, 2.75) is 36.1 Å². The zero-order valence-corrected chi connectivity index (χ0v) is 15.3. The molecule has 1 aliphatic carbocycles. The molecule has 0 unspecified atom stereocenters. The van der Waals surface area contributed by atoms with Crippen molar-refractivity contribution in [2.75, 3.05) is 26.2 Å². The molecular weight excluding hydrogens is 356 g/mol. The van der Waals surface area contributed by atoms with E-state index in [1.54, 1.807) is 6.07 Å². The number of carbonyl (C=O) groups excluding carboxylic acids is 2. The third-order valence-electron chi connectivity index (χ3n) is 5.07. The standard InChI is InChI=1S/C17H24N4O4S/c18-12-17(6-1-2-7-17)20-16(23)13-4-3-5-14(10-13)26(24,25)21-9-8-19-15(22)11-21/h3-5,10H,1-2,6-9,11-12,18H2,(H,19,22)(H,20,23). The molecule has 3 rings (SSSR count). The highest BCUT2D eigenvalue weighted by molar-refractivity contribution is 7.89. The molecule has 1 saturated carbocycles. The second-order valence-corrected chi connectivity index (χ2v) is 8.80. The highest BCUT2D eigenvalue weighted by Gasteiger charge is 2.34. The van der Waals surface area contributed by atoms with E-state index < -0.39 is 15.6 Å². The van der Waals surface area contributed by atoms with Crippen LogP contribution in [0, 0.1) is 0 Å². The van der Waals surface area contributed by atoms with Crippen LogP contribution in [-0.2, 0) is 14.8 Å². The minimum atomic E-state index is -3.83. The third kappa shape index (κ3) is 3.74. The largest absolute Gasteiger partial charge is 0.354 e. The number of rotatable bonds is 5. The molecule has 9 heteroatoms. The van der Waals surface area contributed by atoms with Gasteiger partial charge in [0.2, 0.25) is 15.9 Å². The van der Waals surface area contributed by atoms with E-state index in [2.05, 4.69) is 10.6 Å². The van der Waals surface area contributed by atoms with E-state index in [4.69, 9.17) is 5.73 Å². The quantitative estimate of drug-likeness (QED) is 0.654. The van der Waals surface area contributed by atoms with Crippen molar-refractivity contribution in [3.63, 3.8) is 0 Å². The second-order valence-electron chi connectivity index (χ2n) is 6.86. The normalized spacial score (nSPS) is 20.6. The molecule has 1 saturated heterocycles. The van der Waals surface area contributed by atoms with Crippen molar-refractivity contribution in [1.29, 1.82) is 0 Å². The SMILES string of the molecule is NCC1(NC(=O)c2cccc(S(=O)(=O)N3CCNC(=O)C3)c2)CCCC1. The molecular formula is C17H24N4O4S. The molecule has 8 nitrogen and oxygen atoms in total. The van der Waals surface area contributed by atoms with Gasteiger partial charge >= 0.3 is 0 Å². The number of carbonyl (C=O) groups is 2. The lowest BCUT2D eigenvalue weighted by Gasteiger charge is -2.29. The number of piperazine rings is 1. The summed E-state index contributed by atoms with van der Waals surface area (Å²) in [7, 11) is -3.83. The van der Waals surface area contributed by atoms with Gasteiger partial charge in [0.1, 0.15) is 0 Å². The molecule has 0 aromatic heterocycles. The first-order valence-electron chi connectivity index (χ1n) is 8.76. The van der Waals surface area contributed by atoms with Crippen LogP contribution < -0.4 is 16.4 Å². The van der Waals surface area contributed by atoms with Crippen LogP contribution in [0.25, 0.3) is 0 Å². The predicted molar refractivity (Wildman–Crippen MR) is 95.9 cm³/mol. The fourth-order valence-corrected chi connectivity index (χ4v) is 4.96. The molecule has 2 amide bonds. The predicted octanol–water partition coefficient (Wildman–Crippen LogP) is -0.192. The summed E-state index contributed by atoms with van der Waals surface area (Å²) in [6, 6.07) is 5.91. The summed E-state index contributed by atoms with van der Waals surface area (Å²) in [6.45, 7) is 0.632. The van der Waals surface area contributed by atoms with E-state index in [0.29, 0.717) is 6.54 Å². The first-order valence-corrected chi connectivity index (χ1v) is 10.2. The van der Waals surface area contributed by atoms with Crippen LogP contribution in [0.5, 0.6) is 0 Å². The number of sulfonamides is 1. The summed E-state index contributed by atoms with van der Waals surface area (Å²) >= 11 is 0. The maximum atomic E-state index is 12.8. The summed E-state index contributed by atoms with van der Waals surface area (Å²) in [6.07, 6.45) is 3.69. The van der Waals surface area contributed by atoms with Gasteiger partial charge in [0.15, 0.2) is 0 Å². The number of nitrogens with zero attached hydrogens (tertiary/aromatic N) is 1. The Morgan fingerprint density at radius 2 is 2.04 bits per heavy atom. The Labute approximate surface area is 153 Å². The molecule has 0 bridgehead atoms. The van der Waals surface area contributed by atoms with Gasteiger partial charge in [0.05, 0.1) is 17.0 Å². The summed E-state index contributed by atoms with van der Waals surface area (Å²) in [5.41, 5.74) is 5.71. The second kappa shape index (κ2) is 7.34. The van der Waals surface area contributed by atoms with Crippen LogP contribution in [0.1, 0.15) is 36.0 Å². The smallest absolute Gasteiger partial charge is 0.251 e. The molecule has 26 heavy (non-hydrogen) atoms. The zero-order chi connectivity index (χ0) is 18.8. The maximum absolute atomic E-state index is 12.8. The topological polar surface area (TPSA) is 122 Å². The van der Waals surface area contributed by atoms with Crippen molar-refractivity contribution < 1.29 is 18.0 Å². The maximum Gasteiger partial charge on any atom is 0.251 e. The summed E-state index contributed by atoms with van der Waals surface area (Å²) in [5.74, 6) is -0.661. The lowest BCUT2D eigenvalue weighted by atomic mass is 9.97. The van der Waals surface area contributed by atoms with Gasteiger partial charge in [0, 0.05) is 25.2 Å². The van der Waals surface area contributed by atoms with Crippen LogP contribution >= 0.6 is 0 Å². The van der Waals surface area contributed by atoms with Gasteiger partial charge in [-0.15, -0.1) is 0 Å². The van der Waals surface area contributed by atoms with Crippen LogP contribution in [0.3, 0.4) is 0 Å². The Hall–Kier alpha value is -1.97. The Bertz CT molecular complexity index is 803. The van der Waals surface area contributed by atoms with E-state index >= 15 is 0 Å². The molecule has 0 spiro atoms. The summed E-state index contributed by atoms with van der Waals surface area (Å²) in [5, 5.41) is 5.58. The van der Waals surface area contributed by atoms with Crippen LogP contribution in [0.4, 0.5) is 0 Å². The van der Waals surface area contributed by atoms with Crippen LogP contribution in [0.2, 0.25) is 0 Å². The average Bonchev–Trinajstić information content (AvgIpc) is 3.11. The van der Waals surface area contributed by atoms with Gasteiger partial charge in [0.25, 0.3) is 5.91 Å². The van der Waals surface area contributed by atoms with Gasteiger partial charge in [-0.25, -0.2) is 8.42 Å². The molecule has 1 aliphatic heterocycles. The fourth-order valence-electron chi connectivity index (χ4n) is 3.51. The van der Waals surface area contributed by atoms with Crippen LogP contribution in [0.15, 0.2) is 29.2 Å². The van der Waals surface area contributed by atoms with Crippen molar-refractivity contribution >= 4 is 21.8 Å².